The number of aromatic hydroxyl groups is 1. The molecule has 82 heavy (non-hydrogen) atoms. The second kappa shape index (κ2) is 20.5. The molecular weight excluding hydrogens is 1090 g/mol. The number of nitrogens with zero attached hydrogens (tertiary/aromatic N) is 3. The minimum atomic E-state index is -1.54. The van der Waals surface area contributed by atoms with E-state index >= 15 is 4.79 Å². The number of hydrogen-bond acceptors (Lipinski definition) is 19. The SMILES string of the molecule is C=CCOC(=O)NC(CSCC1c2ccccc2-c2ccccc21)C(=O)Oc1cc2c(cc1OC)[C@@]1(CS[C@@H]3c4c(OC(C)=O)c(C)c5c(c4C4(C[C@H]4OC1=O)N1C3[C@H]3c4c(cc(C)c(OC)c4O)C[C@@H]([C@@H]1C#N)N3C)OCO5)NCC2. The fraction of sp³-hybridized carbons (Fsp3) is 0.403. The number of aryl methyl sites for hydroxylation is 1. The third kappa shape index (κ3) is 8.08. The zero-order valence-electron chi connectivity index (χ0n) is 46.1. The first-order valence-corrected chi connectivity index (χ1v) is 29.6. The van der Waals surface area contributed by atoms with E-state index in [0.717, 1.165) is 11.1 Å². The Hall–Kier alpha value is -7.41. The Labute approximate surface area is 482 Å². The molecule has 1 saturated carbocycles. The second-order valence-electron chi connectivity index (χ2n) is 22.2. The van der Waals surface area contributed by atoms with Gasteiger partial charge in [0.1, 0.15) is 30.5 Å². The number of amides is 1. The van der Waals surface area contributed by atoms with E-state index in [4.69, 9.17) is 37.9 Å². The van der Waals surface area contributed by atoms with Gasteiger partial charge in [-0.25, -0.2) is 14.4 Å². The topological polar surface area (TPSA) is 217 Å². The first-order valence-electron chi connectivity index (χ1n) is 27.4. The maximum absolute atomic E-state index is 15.7. The van der Waals surface area contributed by atoms with E-state index in [1.54, 1.807) is 12.1 Å². The summed E-state index contributed by atoms with van der Waals surface area (Å²) in [7, 11) is 4.97. The lowest BCUT2D eigenvalue weighted by molar-refractivity contribution is -0.158. The average molecular weight is 1150 g/mol. The summed E-state index contributed by atoms with van der Waals surface area (Å²) in [6.07, 6.45) is 0.905. The summed E-state index contributed by atoms with van der Waals surface area (Å²) in [4.78, 5) is 61.1. The molecule has 3 fully saturated rings. The normalized spacial score (nSPS) is 26.2. The third-order valence-electron chi connectivity index (χ3n) is 17.9. The number of phenolic OH excluding ortho intramolecular Hbond substituents is 1. The number of carbonyl (C=O) groups excluding carboxylic acids is 4. The average Bonchev–Trinajstić information content (AvgIpc) is 1.53. The highest BCUT2D eigenvalue weighted by atomic mass is 32.2. The molecule has 20 heteroatoms. The van der Waals surface area contributed by atoms with Gasteiger partial charge in [0.05, 0.1) is 37.1 Å². The summed E-state index contributed by atoms with van der Waals surface area (Å²) in [5, 5.41) is 29.5. The molecule has 0 radical (unpaired) electrons. The number of nitriles is 1. The van der Waals surface area contributed by atoms with E-state index in [1.807, 2.05) is 51.2 Å². The molecule has 9 atom stereocenters. The van der Waals surface area contributed by atoms with E-state index in [1.165, 1.54) is 73.0 Å². The molecule has 0 aromatic heterocycles. The quantitative estimate of drug-likeness (QED) is 0.0614. The molecule has 14 rings (SSSR count). The first kappa shape index (κ1) is 53.9. The van der Waals surface area contributed by atoms with Crippen molar-refractivity contribution in [2.45, 2.75) is 98.6 Å². The van der Waals surface area contributed by atoms with Gasteiger partial charge in [0, 0.05) is 77.4 Å². The van der Waals surface area contributed by atoms with Crippen molar-refractivity contribution < 1.29 is 62.2 Å². The molecule has 5 aromatic rings. The zero-order valence-corrected chi connectivity index (χ0v) is 47.8. The molecule has 3 N–H and O–H groups in total. The minimum Gasteiger partial charge on any atom is -0.504 e. The van der Waals surface area contributed by atoms with Gasteiger partial charge in [-0.05, 0) is 90.4 Å². The second-order valence-corrected chi connectivity index (χ2v) is 24.4. The molecular formula is C62H61N5O13S2. The van der Waals surface area contributed by atoms with E-state index in [0.29, 0.717) is 81.5 Å². The van der Waals surface area contributed by atoms with Crippen LogP contribution in [0.2, 0.25) is 0 Å². The summed E-state index contributed by atoms with van der Waals surface area (Å²) in [5.74, 6) is 0.791. The summed E-state index contributed by atoms with van der Waals surface area (Å²) in [6.45, 7) is 8.87. The molecule has 4 bridgehead atoms. The molecule has 2 aliphatic carbocycles. The Kier molecular flexibility index (Phi) is 13.5. The van der Waals surface area contributed by atoms with Gasteiger partial charge < -0.3 is 48.3 Å². The van der Waals surface area contributed by atoms with Crippen LogP contribution in [0.15, 0.2) is 79.4 Å². The number of phenols is 1. The molecule has 18 nitrogen and oxygen atoms in total. The van der Waals surface area contributed by atoms with E-state index in [9.17, 15) is 24.8 Å². The maximum Gasteiger partial charge on any atom is 0.408 e. The van der Waals surface area contributed by atoms with Crippen LogP contribution in [0.3, 0.4) is 0 Å². The zero-order chi connectivity index (χ0) is 57.1. The number of rotatable bonds is 12. The van der Waals surface area contributed by atoms with Crippen LogP contribution in [0.1, 0.15) is 86.2 Å². The number of methoxy groups -OCH3 is 2. The number of benzene rings is 5. The number of carbonyl (C=O) groups is 4. The van der Waals surface area contributed by atoms with Crippen molar-refractivity contribution in [3.05, 3.63) is 135 Å². The Morgan fingerprint density at radius 2 is 1.74 bits per heavy atom. The standard InChI is InChI=1S/C62H61N5O13S2/c1-8-19-75-60(72)65-41(27-81-26-39-37-15-11-9-13-35(37)36-14-10-12-16-38(36)39)58(70)79-45-22-33-17-18-64-61(40(33)23-44(45)73-6)28-82-57-48-49(56-55(76-29-77-56)31(3)54(48)78-32(4)68)62(24-46(62)80-59(61)71)67-43(25-63)42-21-34-20-30(2)53(74-7)52(69)47(34)50(51(57)67)66(42)5/h8-16,20,22-23,39,41-43,46,50-51,57,64,69H,1,17-19,21,24,26-29H2,2-7H3,(H,65,72)/t41?,42-,43-,46+,50+,51?,57+,61+,62?/m0/s1. The number of likely N-dealkylation sites (N-methyl/N-ethyl adjacent to an activating group) is 1. The minimum absolute atomic E-state index is 0.0116. The van der Waals surface area contributed by atoms with Crippen molar-refractivity contribution in [1.82, 2.24) is 20.4 Å². The number of esters is 3. The highest BCUT2D eigenvalue weighted by Crippen LogP contribution is 2.72. The van der Waals surface area contributed by atoms with Crippen LogP contribution in [0, 0.1) is 25.2 Å². The van der Waals surface area contributed by atoms with Crippen LogP contribution in [0.5, 0.6) is 40.2 Å². The van der Waals surface area contributed by atoms with Crippen LogP contribution in [0.25, 0.3) is 11.1 Å². The highest BCUT2D eigenvalue weighted by Gasteiger charge is 2.75. The fourth-order valence-electron chi connectivity index (χ4n) is 14.5. The van der Waals surface area contributed by atoms with Gasteiger partial charge in [0.25, 0.3) is 0 Å². The number of fused-ring (bicyclic) bond motifs is 11. The molecule has 7 aliphatic heterocycles. The van der Waals surface area contributed by atoms with Crippen molar-refractivity contribution >= 4 is 47.5 Å². The van der Waals surface area contributed by atoms with Crippen molar-refractivity contribution in [2.24, 2.45) is 0 Å². The van der Waals surface area contributed by atoms with Crippen molar-refractivity contribution in [2.75, 3.05) is 58.5 Å². The third-order valence-corrected chi connectivity index (χ3v) is 20.5. The number of hydrogen-bond donors (Lipinski definition) is 3. The van der Waals surface area contributed by atoms with Gasteiger partial charge in [-0.3, -0.25) is 19.9 Å². The van der Waals surface area contributed by atoms with Gasteiger partial charge in [0.15, 0.2) is 40.0 Å². The number of piperazine rings is 1. The largest absolute Gasteiger partial charge is 0.504 e. The molecule has 1 amide bonds. The van der Waals surface area contributed by atoms with Crippen molar-refractivity contribution in [3.63, 3.8) is 0 Å². The van der Waals surface area contributed by atoms with Gasteiger partial charge >= 0.3 is 24.0 Å². The predicted octanol–water partition coefficient (Wildman–Crippen LogP) is 7.94. The Morgan fingerprint density at radius 1 is 1.00 bits per heavy atom. The Morgan fingerprint density at radius 3 is 2.45 bits per heavy atom. The molecule has 2 spiro atoms. The van der Waals surface area contributed by atoms with Crippen molar-refractivity contribution in [3.8, 4) is 57.4 Å². The Balaban J connectivity index is 0.886. The van der Waals surface area contributed by atoms with E-state index < -0.39 is 70.6 Å². The highest BCUT2D eigenvalue weighted by molar-refractivity contribution is 7.99. The summed E-state index contributed by atoms with van der Waals surface area (Å²) in [6, 6.07) is 21.4. The lowest BCUT2D eigenvalue weighted by Gasteiger charge is -2.62. The summed E-state index contributed by atoms with van der Waals surface area (Å²) in [5.41, 5.74) is 7.46. The number of ether oxygens (including phenoxy) is 8. The molecule has 9 aliphatic rings. The number of thioether (sulfide) groups is 2. The van der Waals surface area contributed by atoms with Crippen LogP contribution in [-0.4, -0.2) is 128 Å². The predicted molar refractivity (Wildman–Crippen MR) is 304 cm³/mol. The lowest BCUT2D eigenvalue weighted by atomic mass is 9.70. The van der Waals surface area contributed by atoms with Gasteiger partial charge in [0.2, 0.25) is 6.79 Å². The van der Waals surface area contributed by atoms with E-state index in [-0.39, 0.29) is 60.5 Å². The maximum atomic E-state index is 15.7. The monoisotopic (exact) mass is 1150 g/mol. The van der Waals surface area contributed by atoms with Crippen LogP contribution in [0.4, 0.5) is 4.79 Å². The van der Waals surface area contributed by atoms with Gasteiger partial charge in [-0.2, -0.15) is 17.0 Å². The van der Waals surface area contributed by atoms with Gasteiger partial charge in [-0.15, -0.1) is 11.8 Å². The lowest BCUT2D eigenvalue weighted by Crippen LogP contribution is -2.71. The fourth-order valence-corrected chi connectivity index (χ4v) is 17.3. The first-order chi connectivity index (χ1) is 39.7. The molecule has 7 heterocycles. The van der Waals surface area contributed by atoms with E-state index in [2.05, 4.69) is 57.3 Å². The Bertz CT molecular complexity index is 3560. The van der Waals surface area contributed by atoms with Crippen molar-refractivity contribution in [1.29, 1.82) is 5.26 Å². The van der Waals surface area contributed by atoms with Gasteiger partial charge in [-0.1, -0.05) is 67.3 Å². The smallest absolute Gasteiger partial charge is 0.408 e. The number of alkyl carbamates (subject to hydrolysis) is 1. The van der Waals surface area contributed by atoms with Crippen LogP contribution in [-0.2, 0) is 47.8 Å². The molecule has 2 saturated heterocycles. The molecule has 5 aromatic carbocycles. The molecule has 424 valence electrons. The summed E-state index contributed by atoms with van der Waals surface area (Å²) < 4.78 is 49.2. The molecule has 3 unspecified atom stereocenters. The summed E-state index contributed by atoms with van der Waals surface area (Å²) >= 11 is 2.96. The van der Waals surface area contributed by atoms with Crippen LogP contribution >= 0.6 is 23.5 Å². The van der Waals surface area contributed by atoms with Crippen LogP contribution < -0.4 is 39.1 Å². The number of nitrogens with one attached hydrogen (secondary N) is 2.